The number of rotatable bonds is 6. The first-order valence-corrected chi connectivity index (χ1v) is 14.3. The van der Waals surface area contributed by atoms with E-state index in [1.54, 1.807) is 23.1 Å². The van der Waals surface area contributed by atoms with Crippen molar-refractivity contribution in [3.8, 4) is 5.75 Å². The molecule has 6 rings (SSSR count). The van der Waals surface area contributed by atoms with Crippen molar-refractivity contribution < 1.29 is 14.3 Å². The molecule has 0 radical (unpaired) electrons. The van der Waals surface area contributed by atoms with Gasteiger partial charge in [0.05, 0.1) is 22.6 Å². The summed E-state index contributed by atoms with van der Waals surface area (Å²) >= 11 is 4.06. The van der Waals surface area contributed by atoms with Gasteiger partial charge in [0.25, 0.3) is 5.91 Å². The average molecular weight is 556 g/mol. The maximum absolute atomic E-state index is 14.1. The van der Waals surface area contributed by atoms with Gasteiger partial charge < -0.3 is 4.74 Å². The van der Waals surface area contributed by atoms with E-state index >= 15 is 0 Å². The van der Waals surface area contributed by atoms with Crippen molar-refractivity contribution in [2.75, 3.05) is 17.0 Å². The zero-order chi connectivity index (χ0) is 26.1. The largest absolute Gasteiger partial charge is 0.497 e. The zero-order valence-corrected chi connectivity index (χ0v) is 22.6. The number of ketones is 1. The van der Waals surface area contributed by atoms with Crippen LogP contribution < -0.4 is 14.6 Å². The molecular formula is C29H21N3O3S3. The van der Waals surface area contributed by atoms with Gasteiger partial charge in [-0.25, -0.2) is 5.01 Å². The Hall–Kier alpha value is -3.79. The predicted octanol–water partition coefficient (Wildman–Crippen LogP) is 6.94. The van der Waals surface area contributed by atoms with Crippen LogP contribution in [0.3, 0.4) is 0 Å². The highest BCUT2D eigenvalue weighted by atomic mass is 32.2. The van der Waals surface area contributed by atoms with Crippen LogP contribution in [0.1, 0.15) is 15.2 Å². The molecule has 38 heavy (non-hydrogen) atoms. The number of hydrogen-bond acceptors (Lipinski definition) is 8. The monoisotopic (exact) mass is 555 g/mol. The van der Waals surface area contributed by atoms with Crippen LogP contribution in [0.5, 0.6) is 5.75 Å². The fraction of sp³-hybridized carbons (Fsp3) is 0.0690. The third-order valence-electron chi connectivity index (χ3n) is 6.00. The predicted molar refractivity (Wildman–Crippen MR) is 158 cm³/mol. The average Bonchev–Trinajstić information content (AvgIpc) is 3.69. The van der Waals surface area contributed by atoms with Crippen molar-refractivity contribution in [2.45, 2.75) is 4.33 Å². The molecule has 188 valence electrons. The third kappa shape index (κ3) is 4.32. The summed E-state index contributed by atoms with van der Waals surface area (Å²) in [4.78, 5) is 30.5. The number of benzene rings is 3. The van der Waals surface area contributed by atoms with Crippen molar-refractivity contribution >= 4 is 69.0 Å². The number of methoxy groups -OCH3 is 1. The summed E-state index contributed by atoms with van der Waals surface area (Å²) in [5, 5.41) is 8.84. The minimum Gasteiger partial charge on any atom is -0.497 e. The van der Waals surface area contributed by atoms with Gasteiger partial charge in [0.2, 0.25) is 10.1 Å². The molecule has 3 heterocycles. The lowest BCUT2D eigenvalue weighted by molar-refractivity contribution is -0.114. The Balaban J connectivity index is 1.49. The first kappa shape index (κ1) is 24.5. The minimum atomic E-state index is -1.07. The molecule has 1 aromatic heterocycles. The Morgan fingerprint density at radius 2 is 1.55 bits per heavy atom. The molecule has 3 aromatic carbocycles. The molecule has 1 spiro atoms. The Morgan fingerprint density at radius 3 is 2.18 bits per heavy atom. The summed E-state index contributed by atoms with van der Waals surface area (Å²) in [6.07, 6.45) is 1.87. The van der Waals surface area contributed by atoms with Crippen LogP contribution in [0, 0.1) is 0 Å². The fourth-order valence-corrected chi connectivity index (χ4v) is 7.88. The molecule has 2 aliphatic rings. The number of amides is 1. The fourth-order valence-electron chi connectivity index (χ4n) is 4.21. The summed E-state index contributed by atoms with van der Waals surface area (Å²) in [6, 6.07) is 30.4. The number of thioether (sulfide) groups is 2. The van der Waals surface area contributed by atoms with Gasteiger partial charge >= 0.3 is 0 Å². The summed E-state index contributed by atoms with van der Waals surface area (Å²) in [6.45, 7) is 0. The summed E-state index contributed by atoms with van der Waals surface area (Å²) in [5.74, 6) is 0.425. The van der Waals surface area contributed by atoms with Gasteiger partial charge in [-0.15, -0.1) is 11.3 Å². The van der Waals surface area contributed by atoms with Crippen molar-refractivity contribution in [2.24, 2.45) is 5.10 Å². The Labute approximate surface area is 232 Å². The summed E-state index contributed by atoms with van der Waals surface area (Å²) in [7, 11) is 1.62. The van der Waals surface area contributed by atoms with E-state index in [4.69, 9.17) is 9.84 Å². The molecule has 2 aliphatic heterocycles. The van der Waals surface area contributed by atoms with Crippen LogP contribution in [0.4, 0.5) is 11.4 Å². The van der Waals surface area contributed by atoms with Gasteiger partial charge in [-0.05, 0) is 71.2 Å². The molecule has 0 saturated carbocycles. The van der Waals surface area contributed by atoms with E-state index < -0.39 is 4.33 Å². The highest BCUT2D eigenvalue weighted by Crippen LogP contribution is 2.59. The molecule has 0 bridgehead atoms. The standard InChI is InChI=1S/C29H21N3O3S3/c1-35-23-16-14-20(15-17-23)19-25-28(34)31(21-9-4-2-5-10-21)29(37-25)32(22-11-6-3-7-12-22)30-27(38-29)26(33)24-13-8-18-36-24/h2-19H,1H3/b25-19+/t29-/m0/s1. The summed E-state index contributed by atoms with van der Waals surface area (Å²) < 4.78 is 4.21. The smallest absolute Gasteiger partial charge is 0.268 e. The van der Waals surface area contributed by atoms with Crippen LogP contribution in [0.15, 0.2) is 112 Å². The van der Waals surface area contributed by atoms with Crippen LogP contribution in [-0.2, 0) is 4.79 Å². The molecular weight excluding hydrogens is 535 g/mol. The number of ether oxygens (including phenoxy) is 1. The number of carbonyl (C=O) groups is 2. The number of nitrogens with zero attached hydrogens (tertiary/aromatic N) is 3. The van der Waals surface area contributed by atoms with Gasteiger partial charge in [0.15, 0.2) is 5.04 Å². The first-order valence-electron chi connectivity index (χ1n) is 11.7. The molecule has 1 fully saturated rings. The van der Waals surface area contributed by atoms with Crippen molar-refractivity contribution in [3.63, 3.8) is 0 Å². The number of carbonyl (C=O) groups excluding carboxylic acids is 2. The number of Topliss-reactive ketones (excluding diaryl/α,β-unsaturated/α-hetero) is 1. The Kier molecular flexibility index (Phi) is 6.57. The van der Waals surface area contributed by atoms with E-state index in [0.29, 0.717) is 14.8 Å². The second kappa shape index (κ2) is 10.2. The molecule has 4 aromatic rings. The quantitative estimate of drug-likeness (QED) is 0.190. The number of anilines is 2. The Bertz CT molecular complexity index is 1540. The molecule has 9 heteroatoms. The molecule has 0 unspecified atom stereocenters. The van der Waals surface area contributed by atoms with E-state index in [1.807, 2.05) is 102 Å². The third-order valence-corrected chi connectivity index (χ3v) is 9.58. The van der Waals surface area contributed by atoms with Gasteiger partial charge in [0, 0.05) is 5.69 Å². The zero-order valence-electron chi connectivity index (χ0n) is 20.2. The normalized spacial score (nSPS) is 19.9. The highest BCUT2D eigenvalue weighted by Gasteiger charge is 2.60. The Morgan fingerprint density at radius 1 is 0.868 bits per heavy atom. The number of thiophene rings is 1. The molecule has 1 saturated heterocycles. The van der Waals surface area contributed by atoms with Crippen molar-refractivity contribution in [3.05, 3.63) is 118 Å². The first-order chi connectivity index (χ1) is 18.6. The van der Waals surface area contributed by atoms with E-state index in [0.717, 1.165) is 22.7 Å². The maximum atomic E-state index is 14.1. The topological polar surface area (TPSA) is 62.2 Å². The van der Waals surface area contributed by atoms with Gasteiger partial charge in [-0.2, -0.15) is 5.10 Å². The maximum Gasteiger partial charge on any atom is 0.268 e. The SMILES string of the molecule is COc1ccc(/C=C2/S[C@]3(SC(C(=O)c4cccs4)=NN3c3ccccc3)N(c3ccccc3)C2=O)cc1. The lowest BCUT2D eigenvalue weighted by Crippen LogP contribution is -2.51. The molecule has 0 aliphatic carbocycles. The van der Waals surface area contributed by atoms with Crippen LogP contribution >= 0.6 is 34.9 Å². The van der Waals surface area contributed by atoms with Crippen LogP contribution in [0.2, 0.25) is 0 Å². The van der Waals surface area contributed by atoms with Crippen molar-refractivity contribution in [1.29, 1.82) is 0 Å². The highest BCUT2D eigenvalue weighted by molar-refractivity contribution is 8.29. The number of para-hydroxylation sites is 2. The van der Waals surface area contributed by atoms with Gasteiger partial charge in [0.1, 0.15) is 5.75 Å². The minimum absolute atomic E-state index is 0.156. The number of hydrogen-bond donors (Lipinski definition) is 0. The molecule has 0 N–H and O–H groups in total. The van der Waals surface area contributed by atoms with Crippen molar-refractivity contribution in [1.82, 2.24) is 0 Å². The second-order valence-corrected chi connectivity index (χ2v) is 11.9. The lowest BCUT2D eigenvalue weighted by atomic mass is 10.2. The molecule has 1 amide bonds. The van der Waals surface area contributed by atoms with Gasteiger partial charge in [-0.1, -0.05) is 66.4 Å². The number of hydrazone groups is 1. The van der Waals surface area contributed by atoms with Crippen LogP contribution in [-0.4, -0.2) is 28.2 Å². The van der Waals surface area contributed by atoms with E-state index in [-0.39, 0.29) is 11.7 Å². The second-order valence-electron chi connectivity index (χ2n) is 8.37. The van der Waals surface area contributed by atoms with E-state index in [1.165, 1.54) is 34.9 Å². The molecule has 1 atom stereocenters. The lowest BCUT2D eigenvalue weighted by Gasteiger charge is -2.38. The van der Waals surface area contributed by atoms with E-state index in [9.17, 15) is 9.59 Å². The van der Waals surface area contributed by atoms with Gasteiger partial charge in [-0.3, -0.25) is 14.5 Å². The summed E-state index contributed by atoms with van der Waals surface area (Å²) in [5.41, 5.74) is 2.37. The molecule has 6 nitrogen and oxygen atoms in total. The van der Waals surface area contributed by atoms with E-state index in [2.05, 4.69) is 0 Å². The van der Waals surface area contributed by atoms with Crippen LogP contribution in [0.25, 0.3) is 6.08 Å².